The van der Waals surface area contributed by atoms with E-state index in [1.165, 1.54) is 5.56 Å². The van der Waals surface area contributed by atoms with Gasteiger partial charge in [-0.2, -0.15) is 0 Å². The van der Waals surface area contributed by atoms with Crippen molar-refractivity contribution in [1.29, 1.82) is 0 Å². The zero-order chi connectivity index (χ0) is 19.4. The second kappa shape index (κ2) is 8.35. The highest BCUT2D eigenvalue weighted by Crippen LogP contribution is 2.20. The number of nitrogens with one attached hydrogen (secondary N) is 3. The lowest BCUT2D eigenvalue weighted by Crippen LogP contribution is -2.56. The summed E-state index contributed by atoms with van der Waals surface area (Å²) < 4.78 is 0. The van der Waals surface area contributed by atoms with Crippen molar-refractivity contribution in [2.75, 3.05) is 0 Å². The van der Waals surface area contributed by atoms with Crippen LogP contribution >= 0.6 is 0 Å². The normalized spacial score (nSPS) is 20.8. The summed E-state index contributed by atoms with van der Waals surface area (Å²) >= 11 is 0. The molecule has 2 amide bonds. The first-order chi connectivity index (χ1) is 12.9. The number of benzene rings is 2. The van der Waals surface area contributed by atoms with Gasteiger partial charge in [-0.05, 0) is 29.5 Å². The van der Waals surface area contributed by atoms with E-state index in [0.717, 1.165) is 11.1 Å². The van der Waals surface area contributed by atoms with E-state index in [1.807, 2.05) is 49.4 Å². The summed E-state index contributed by atoms with van der Waals surface area (Å²) in [5, 5.41) is 9.15. The predicted molar refractivity (Wildman–Crippen MR) is 106 cm³/mol. The van der Waals surface area contributed by atoms with E-state index >= 15 is 0 Å². The van der Waals surface area contributed by atoms with Crippen LogP contribution in [0.1, 0.15) is 62.0 Å². The molecule has 0 aliphatic carbocycles. The molecule has 1 aliphatic heterocycles. The smallest absolute Gasteiger partial charge is 0.238 e. The van der Waals surface area contributed by atoms with Crippen LogP contribution in [0.2, 0.25) is 0 Å². The highest BCUT2D eigenvalue weighted by molar-refractivity contribution is 5.89. The molecule has 5 heteroatoms. The first-order valence-corrected chi connectivity index (χ1v) is 9.44. The van der Waals surface area contributed by atoms with Gasteiger partial charge in [-0.1, -0.05) is 68.4 Å². The summed E-state index contributed by atoms with van der Waals surface area (Å²) in [5.41, 5.74) is 3.25. The van der Waals surface area contributed by atoms with Gasteiger partial charge >= 0.3 is 0 Å². The van der Waals surface area contributed by atoms with E-state index in [1.54, 1.807) is 0 Å². The van der Waals surface area contributed by atoms with Gasteiger partial charge < -0.3 is 10.6 Å². The summed E-state index contributed by atoms with van der Waals surface area (Å²) in [6.07, 6.45) is -0.224. The van der Waals surface area contributed by atoms with Gasteiger partial charge in [0.15, 0.2) is 0 Å². The number of carbonyl (C=O) groups excluding carboxylic acids is 2. The Kier molecular flexibility index (Phi) is 5.91. The van der Waals surface area contributed by atoms with Crippen LogP contribution in [0.25, 0.3) is 0 Å². The maximum absolute atomic E-state index is 12.7. The monoisotopic (exact) mass is 365 g/mol. The fourth-order valence-electron chi connectivity index (χ4n) is 3.27. The van der Waals surface area contributed by atoms with Crippen LogP contribution in [0.15, 0.2) is 54.6 Å². The maximum atomic E-state index is 12.7. The van der Waals surface area contributed by atoms with Gasteiger partial charge in [0.25, 0.3) is 0 Å². The van der Waals surface area contributed by atoms with Gasteiger partial charge in [0.05, 0.1) is 18.5 Å². The Morgan fingerprint density at radius 1 is 1.00 bits per heavy atom. The predicted octanol–water partition coefficient (Wildman–Crippen LogP) is 3.16. The Morgan fingerprint density at radius 2 is 1.63 bits per heavy atom. The van der Waals surface area contributed by atoms with E-state index in [2.05, 4.69) is 41.9 Å². The molecule has 3 N–H and O–H groups in total. The molecule has 0 saturated carbocycles. The average Bonchev–Trinajstić information content (AvgIpc) is 2.68. The van der Waals surface area contributed by atoms with Gasteiger partial charge in [0, 0.05) is 0 Å². The molecule has 0 aromatic heterocycles. The highest BCUT2D eigenvalue weighted by Gasteiger charge is 2.31. The third kappa shape index (κ3) is 4.74. The summed E-state index contributed by atoms with van der Waals surface area (Å²) in [7, 11) is 0. The van der Waals surface area contributed by atoms with Crippen molar-refractivity contribution in [1.82, 2.24) is 16.0 Å². The minimum Gasteiger partial charge on any atom is -0.348 e. The van der Waals surface area contributed by atoms with Crippen LogP contribution in [-0.2, 0) is 9.59 Å². The fraction of sp³-hybridized carbons (Fsp3) is 0.364. The molecular formula is C22H27N3O2. The first kappa shape index (κ1) is 19.1. The van der Waals surface area contributed by atoms with E-state index < -0.39 is 6.04 Å². The molecule has 27 heavy (non-hydrogen) atoms. The van der Waals surface area contributed by atoms with Crippen molar-refractivity contribution in [2.24, 2.45) is 0 Å². The van der Waals surface area contributed by atoms with E-state index in [0.29, 0.717) is 5.92 Å². The molecular weight excluding hydrogens is 338 g/mol. The number of carbonyl (C=O) groups is 2. The number of hydrogen-bond acceptors (Lipinski definition) is 3. The molecule has 142 valence electrons. The summed E-state index contributed by atoms with van der Waals surface area (Å²) in [6.45, 7) is 6.27. The Labute approximate surface area is 160 Å². The van der Waals surface area contributed by atoms with Gasteiger partial charge in [0.2, 0.25) is 11.8 Å². The second-order valence-corrected chi connectivity index (χ2v) is 7.39. The maximum Gasteiger partial charge on any atom is 0.238 e. The van der Waals surface area contributed by atoms with Crippen molar-refractivity contribution in [2.45, 2.75) is 51.4 Å². The minimum absolute atomic E-state index is 0.124. The first-order valence-electron chi connectivity index (χ1n) is 9.44. The Hall–Kier alpha value is -2.66. The third-order valence-corrected chi connectivity index (χ3v) is 4.97. The highest BCUT2D eigenvalue weighted by atomic mass is 16.2. The molecule has 1 heterocycles. The lowest BCUT2D eigenvalue weighted by molar-refractivity contribution is -0.132. The largest absolute Gasteiger partial charge is 0.348 e. The zero-order valence-corrected chi connectivity index (χ0v) is 16.0. The number of amides is 2. The Balaban J connectivity index is 1.65. The van der Waals surface area contributed by atoms with Crippen LogP contribution in [0.5, 0.6) is 0 Å². The standard InChI is InChI=1S/C22H27N3O2/c1-14(2)16-9-11-17(12-10-16)15(3)23-22(27)19-13-20(26)25-21(24-19)18-7-5-4-6-8-18/h4-12,14-15,19,21,24H,13H2,1-3H3,(H,23,27)(H,25,26)/t15-,19?,21?/m1/s1. The lowest BCUT2D eigenvalue weighted by Gasteiger charge is -2.32. The van der Waals surface area contributed by atoms with Crippen molar-refractivity contribution >= 4 is 11.8 Å². The van der Waals surface area contributed by atoms with Crippen LogP contribution in [0.4, 0.5) is 0 Å². The molecule has 1 fully saturated rings. The van der Waals surface area contributed by atoms with E-state index in [4.69, 9.17) is 0 Å². The molecule has 0 spiro atoms. The average molecular weight is 365 g/mol. The molecule has 0 radical (unpaired) electrons. The Bertz CT molecular complexity index is 787. The van der Waals surface area contributed by atoms with E-state index in [-0.39, 0.29) is 30.4 Å². The quantitative estimate of drug-likeness (QED) is 0.762. The fourth-order valence-corrected chi connectivity index (χ4v) is 3.27. The molecule has 1 saturated heterocycles. The lowest BCUT2D eigenvalue weighted by atomic mass is 9.99. The zero-order valence-electron chi connectivity index (χ0n) is 16.0. The van der Waals surface area contributed by atoms with Crippen LogP contribution in [0, 0.1) is 0 Å². The molecule has 3 atom stereocenters. The van der Waals surface area contributed by atoms with Crippen molar-refractivity contribution in [3.05, 3.63) is 71.3 Å². The molecule has 2 aromatic rings. The molecule has 3 rings (SSSR count). The summed E-state index contributed by atoms with van der Waals surface area (Å²) in [5.74, 6) is 0.187. The SMILES string of the molecule is CC(C)c1ccc([C@@H](C)NC(=O)C2CC(=O)NC(c3ccccc3)N2)cc1. The van der Waals surface area contributed by atoms with Gasteiger partial charge in [-0.25, -0.2) is 0 Å². The Morgan fingerprint density at radius 3 is 2.26 bits per heavy atom. The van der Waals surface area contributed by atoms with Crippen LogP contribution < -0.4 is 16.0 Å². The van der Waals surface area contributed by atoms with Crippen LogP contribution in [0.3, 0.4) is 0 Å². The minimum atomic E-state index is -0.554. The summed E-state index contributed by atoms with van der Waals surface area (Å²) in [6, 6.07) is 17.2. The molecule has 0 bridgehead atoms. The number of hydrogen-bond donors (Lipinski definition) is 3. The molecule has 1 aliphatic rings. The van der Waals surface area contributed by atoms with Gasteiger partial charge in [0.1, 0.15) is 6.17 Å². The van der Waals surface area contributed by atoms with Crippen molar-refractivity contribution < 1.29 is 9.59 Å². The van der Waals surface area contributed by atoms with Crippen molar-refractivity contribution in [3.8, 4) is 0 Å². The van der Waals surface area contributed by atoms with Crippen LogP contribution in [-0.4, -0.2) is 17.9 Å². The summed E-state index contributed by atoms with van der Waals surface area (Å²) in [4.78, 5) is 24.8. The third-order valence-electron chi connectivity index (χ3n) is 4.97. The second-order valence-electron chi connectivity index (χ2n) is 7.39. The number of rotatable bonds is 5. The molecule has 5 nitrogen and oxygen atoms in total. The molecule has 2 aromatic carbocycles. The van der Waals surface area contributed by atoms with Crippen molar-refractivity contribution in [3.63, 3.8) is 0 Å². The van der Waals surface area contributed by atoms with Gasteiger partial charge in [-0.3, -0.25) is 14.9 Å². The van der Waals surface area contributed by atoms with Gasteiger partial charge in [-0.15, -0.1) is 0 Å². The molecule has 2 unspecified atom stereocenters. The topological polar surface area (TPSA) is 70.2 Å². The van der Waals surface area contributed by atoms with E-state index in [9.17, 15) is 9.59 Å².